The summed E-state index contributed by atoms with van der Waals surface area (Å²) in [5, 5.41) is 0. The van der Waals surface area contributed by atoms with E-state index in [4.69, 9.17) is 5.84 Å². The summed E-state index contributed by atoms with van der Waals surface area (Å²) in [4.78, 5) is 14.5. The van der Waals surface area contributed by atoms with Gasteiger partial charge in [-0.3, -0.25) is 15.2 Å². The lowest BCUT2D eigenvalue weighted by atomic mass is 10.3. The number of amides is 1. The number of nitrogens with zero attached hydrogens (tertiary/aromatic N) is 1. The first kappa shape index (κ1) is 23.0. The molecule has 7 nitrogen and oxygen atoms in total. The third kappa shape index (κ3) is 6.29. The second-order valence-corrected chi connectivity index (χ2v) is 1.71. The van der Waals surface area contributed by atoms with Crippen molar-refractivity contribution in [1.29, 1.82) is 0 Å². The van der Waals surface area contributed by atoms with Crippen molar-refractivity contribution in [1.82, 2.24) is 10.4 Å². The average Bonchev–Trinajstić information content (AvgIpc) is 2.05. The molecule has 0 aromatic carbocycles. The molecule has 1 aromatic heterocycles. The van der Waals surface area contributed by atoms with Gasteiger partial charge in [-0.05, 0) is 12.1 Å². The number of rotatable bonds is 1. The van der Waals surface area contributed by atoms with Gasteiger partial charge in [-0.15, -0.1) is 12.4 Å². The number of hydrogen-bond acceptors (Lipinski definition) is 3. The van der Waals surface area contributed by atoms with Crippen LogP contribution in [0.15, 0.2) is 24.5 Å². The molecule has 0 fully saturated rings. The lowest BCUT2D eigenvalue weighted by Crippen LogP contribution is -2.29. The Morgan fingerprint density at radius 2 is 1.64 bits per heavy atom. The number of hydrogen-bond donors (Lipinski definition) is 2. The Kier molecular flexibility index (Phi) is 19.3. The summed E-state index contributed by atoms with van der Waals surface area (Å²) in [5.41, 5.74) is 2.53. The van der Waals surface area contributed by atoms with Gasteiger partial charge in [0.15, 0.2) is 0 Å². The molecule has 0 bridgehead atoms. The second kappa shape index (κ2) is 11.8. The largest absolute Gasteiger partial charge is 0.412 e. The van der Waals surface area contributed by atoms with Crippen molar-refractivity contribution in [2.75, 3.05) is 0 Å². The minimum atomic E-state index is -0.303. The van der Waals surface area contributed by atoms with E-state index >= 15 is 0 Å². The molecule has 0 atom stereocenters. The molecule has 8 heteroatoms. The SMILES string of the molecule is Cl.NNC(=O)c1ccncc1.O.O.O. The van der Waals surface area contributed by atoms with Gasteiger partial charge in [0.2, 0.25) is 0 Å². The van der Waals surface area contributed by atoms with Crippen molar-refractivity contribution in [3.05, 3.63) is 30.1 Å². The van der Waals surface area contributed by atoms with Gasteiger partial charge in [-0.25, -0.2) is 5.84 Å². The van der Waals surface area contributed by atoms with E-state index in [-0.39, 0.29) is 34.7 Å². The Hall–Kier alpha value is -1.25. The van der Waals surface area contributed by atoms with Crippen LogP contribution < -0.4 is 11.3 Å². The van der Waals surface area contributed by atoms with Crippen LogP contribution in [0.5, 0.6) is 0 Å². The van der Waals surface area contributed by atoms with Gasteiger partial charge in [0.1, 0.15) is 0 Å². The molecular formula is C6H14ClN3O4. The Balaban J connectivity index is -0.000000125. The van der Waals surface area contributed by atoms with Crippen LogP contribution in [0.3, 0.4) is 0 Å². The molecule has 0 aliphatic rings. The summed E-state index contributed by atoms with van der Waals surface area (Å²) in [6, 6.07) is 3.17. The van der Waals surface area contributed by atoms with Crippen LogP contribution in [0.1, 0.15) is 10.4 Å². The minimum Gasteiger partial charge on any atom is -0.412 e. The third-order valence-corrected chi connectivity index (χ3v) is 1.07. The van der Waals surface area contributed by atoms with Crippen LogP contribution in [0, 0.1) is 0 Å². The van der Waals surface area contributed by atoms with Crippen LogP contribution in [0.25, 0.3) is 0 Å². The summed E-state index contributed by atoms with van der Waals surface area (Å²) >= 11 is 0. The molecule has 0 aliphatic carbocycles. The molecule has 1 rings (SSSR count). The highest BCUT2D eigenvalue weighted by atomic mass is 35.5. The molecule has 0 radical (unpaired) electrons. The molecule has 0 spiro atoms. The fourth-order valence-corrected chi connectivity index (χ4v) is 0.587. The predicted molar refractivity (Wildman–Crippen MR) is 54.0 cm³/mol. The summed E-state index contributed by atoms with van der Waals surface area (Å²) in [6.07, 6.45) is 3.06. The highest BCUT2D eigenvalue weighted by Crippen LogP contribution is 1.93. The minimum absolute atomic E-state index is 0. The van der Waals surface area contributed by atoms with Crippen LogP contribution in [0.4, 0.5) is 0 Å². The van der Waals surface area contributed by atoms with E-state index < -0.39 is 0 Å². The third-order valence-electron chi connectivity index (χ3n) is 1.07. The highest BCUT2D eigenvalue weighted by molar-refractivity contribution is 5.93. The van der Waals surface area contributed by atoms with E-state index in [0.717, 1.165) is 0 Å². The Bertz CT molecular complexity index is 234. The number of nitrogens with one attached hydrogen (secondary N) is 1. The normalized spacial score (nSPS) is 6.36. The first-order valence-corrected chi connectivity index (χ1v) is 2.75. The number of carbonyl (C=O) groups excluding carboxylic acids is 1. The van der Waals surface area contributed by atoms with Crippen molar-refractivity contribution in [3.8, 4) is 0 Å². The number of halogens is 1. The fourth-order valence-electron chi connectivity index (χ4n) is 0.587. The fraction of sp³-hybridized carbons (Fsp3) is 0. The van der Waals surface area contributed by atoms with Gasteiger partial charge in [0.25, 0.3) is 5.91 Å². The summed E-state index contributed by atoms with van der Waals surface area (Å²) < 4.78 is 0. The Morgan fingerprint density at radius 1 is 1.21 bits per heavy atom. The van der Waals surface area contributed by atoms with E-state index in [2.05, 4.69) is 4.98 Å². The number of carbonyl (C=O) groups is 1. The first-order chi connectivity index (χ1) is 4.84. The van der Waals surface area contributed by atoms with E-state index in [9.17, 15) is 4.79 Å². The Labute approximate surface area is 86.6 Å². The van der Waals surface area contributed by atoms with Gasteiger partial charge in [-0.1, -0.05) is 0 Å². The topological polar surface area (TPSA) is 163 Å². The molecule has 0 unspecified atom stereocenters. The van der Waals surface area contributed by atoms with E-state index in [1.54, 1.807) is 12.1 Å². The van der Waals surface area contributed by atoms with Crippen LogP contribution in [0.2, 0.25) is 0 Å². The maximum atomic E-state index is 10.7. The number of nitrogen functional groups attached to an aromatic ring is 1. The smallest absolute Gasteiger partial charge is 0.265 e. The standard InChI is InChI=1S/C6H7N3O.ClH.3H2O/c7-9-6(10)5-1-3-8-4-2-5;;;;/h1-4H,7H2,(H,9,10);1H;3*1H2. The van der Waals surface area contributed by atoms with Crippen molar-refractivity contribution in [3.63, 3.8) is 0 Å². The second-order valence-electron chi connectivity index (χ2n) is 1.71. The molecule has 1 heterocycles. The van der Waals surface area contributed by atoms with Crippen LogP contribution in [-0.2, 0) is 0 Å². The van der Waals surface area contributed by atoms with Gasteiger partial charge in [-0.2, -0.15) is 0 Å². The average molecular weight is 228 g/mol. The molecule has 14 heavy (non-hydrogen) atoms. The first-order valence-electron chi connectivity index (χ1n) is 2.75. The van der Waals surface area contributed by atoms with Crippen molar-refractivity contribution in [2.24, 2.45) is 5.84 Å². The molecule has 1 aromatic rings. The molecule has 0 aliphatic heterocycles. The summed E-state index contributed by atoms with van der Waals surface area (Å²) in [6.45, 7) is 0. The zero-order valence-corrected chi connectivity index (χ0v) is 7.97. The highest BCUT2D eigenvalue weighted by Gasteiger charge is 1.98. The Morgan fingerprint density at radius 3 is 2.00 bits per heavy atom. The van der Waals surface area contributed by atoms with E-state index in [1.807, 2.05) is 5.43 Å². The lowest BCUT2D eigenvalue weighted by molar-refractivity contribution is 0.0953. The zero-order chi connectivity index (χ0) is 7.40. The van der Waals surface area contributed by atoms with Crippen molar-refractivity contribution >= 4 is 18.3 Å². The number of nitrogens with two attached hydrogens (primary N) is 1. The number of hydrazine groups is 1. The van der Waals surface area contributed by atoms with Crippen molar-refractivity contribution < 1.29 is 21.2 Å². The van der Waals surface area contributed by atoms with Gasteiger partial charge in [0.05, 0.1) is 0 Å². The lowest BCUT2D eigenvalue weighted by Gasteiger charge is -1.95. The van der Waals surface area contributed by atoms with Gasteiger partial charge >= 0.3 is 0 Å². The quantitative estimate of drug-likeness (QED) is 0.312. The number of aromatic nitrogens is 1. The predicted octanol–water partition coefficient (Wildman–Crippen LogP) is -2.37. The summed E-state index contributed by atoms with van der Waals surface area (Å²) in [5.74, 6) is 4.58. The molecule has 84 valence electrons. The molecular weight excluding hydrogens is 214 g/mol. The maximum Gasteiger partial charge on any atom is 0.265 e. The van der Waals surface area contributed by atoms with Crippen LogP contribution >= 0.6 is 12.4 Å². The molecule has 9 N–H and O–H groups in total. The molecule has 0 saturated carbocycles. The van der Waals surface area contributed by atoms with E-state index in [0.29, 0.717) is 5.56 Å². The molecule has 0 saturated heterocycles. The summed E-state index contributed by atoms with van der Waals surface area (Å²) in [7, 11) is 0. The van der Waals surface area contributed by atoms with Crippen molar-refractivity contribution in [2.45, 2.75) is 0 Å². The van der Waals surface area contributed by atoms with Gasteiger partial charge in [0, 0.05) is 18.0 Å². The zero-order valence-electron chi connectivity index (χ0n) is 7.15. The van der Waals surface area contributed by atoms with Gasteiger partial charge < -0.3 is 16.4 Å². The van der Waals surface area contributed by atoms with E-state index in [1.165, 1.54) is 12.4 Å². The monoisotopic (exact) mass is 227 g/mol. The number of pyridine rings is 1. The molecule has 1 amide bonds. The van der Waals surface area contributed by atoms with Crippen LogP contribution in [-0.4, -0.2) is 27.3 Å². The maximum absolute atomic E-state index is 10.7.